The van der Waals surface area contributed by atoms with E-state index in [4.69, 9.17) is 0 Å². The molecule has 1 heteroatoms. The molecule has 0 aromatic carbocycles. The van der Waals surface area contributed by atoms with E-state index in [1.807, 2.05) is 0 Å². The van der Waals surface area contributed by atoms with Crippen molar-refractivity contribution in [3.05, 3.63) is 0 Å². The lowest BCUT2D eigenvalue weighted by Crippen LogP contribution is -2.26. The Labute approximate surface area is 151 Å². The lowest BCUT2D eigenvalue weighted by molar-refractivity contribution is -0.120. The van der Waals surface area contributed by atoms with E-state index >= 15 is 0 Å². The Morgan fingerprint density at radius 3 is 1.46 bits per heavy atom. The molecular formula is C23H42O. The van der Waals surface area contributed by atoms with Crippen LogP contribution in [0.3, 0.4) is 0 Å². The number of carbonyl (C=O) groups is 1. The van der Waals surface area contributed by atoms with E-state index in [-0.39, 0.29) is 0 Å². The quantitative estimate of drug-likeness (QED) is 0.465. The van der Waals surface area contributed by atoms with E-state index in [1.54, 1.807) is 0 Å². The van der Waals surface area contributed by atoms with Gasteiger partial charge in [0.25, 0.3) is 0 Å². The maximum Gasteiger partial charge on any atom is 0.132 e. The molecule has 0 N–H and O–H groups in total. The summed E-state index contributed by atoms with van der Waals surface area (Å²) in [7, 11) is 0. The molecule has 0 amide bonds. The molecule has 0 spiro atoms. The first-order chi connectivity index (χ1) is 11.5. The third-order valence-corrected chi connectivity index (χ3v) is 7.24. The Morgan fingerprint density at radius 1 is 0.708 bits per heavy atom. The van der Waals surface area contributed by atoms with Gasteiger partial charge in [0, 0.05) is 12.8 Å². The van der Waals surface area contributed by atoms with Crippen LogP contribution in [0.15, 0.2) is 0 Å². The molecule has 0 aliphatic heterocycles. The first-order valence-electron chi connectivity index (χ1n) is 11.0. The van der Waals surface area contributed by atoms with E-state index in [1.165, 1.54) is 64.2 Å². The van der Waals surface area contributed by atoms with Crippen LogP contribution in [0.2, 0.25) is 0 Å². The van der Waals surface area contributed by atoms with Crippen LogP contribution in [0.1, 0.15) is 105 Å². The highest BCUT2D eigenvalue weighted by Gasteiger charge is 2.29. The van der Waals surface area contributed by atoms with Crippen molar-refractivity contribution >= 4 is 5.78 Å². The normalized spacial score (nSPS) is 31.6. The standard InChI is InChI=1S/C23H42O/c1-17(2)22-11-7-5-9-19(22)13-15-21(24)16-14-20-10-6-8-12-23(20)18(3)4/h17-20,22-23H,5-16H2,1-4H3. The maximum atomic E-state index is 12.5. The van der Waals surface area contributed by atoms with Crippen LogP contribution in [-0.4, -0.2) is 5.78 Å². The van der Waals surface area contributed by atoms with Gasteiger partial charge in [0.15, 0.2) is 0 Å². The summed E-state index contributed by atoms with van der Waals surface area (Å²) in [5, 5.41) is 0. The number of Topliss-reactive ketones (excluding diaryl/α,β-unsaturated/α-hetero) is 1. The maximum absolute atomic E-state index is 12.5. The van der Waals surface area contributed by atoms with Gasteiger partial charge in [0.1, 0.15) is 5.78 Å². The van der Waals surface area contributed by atoms with E-state index in [2.05, 4.69) is 27.7 Å². The van der Waals surface area contributed by atoms with Crippen molar-refractivity contribution in [3.63, 3.8) is 0 Å². The summed E-state index contributed by atoms with van der Waals surface area (Å²) in [5.74, 6) is 5.52. The van der Waals surface area contributed by atoms with Crippen molar-refractivity contribution in [1.82, 2.24) is 0 Å². The van der Waals surface area contributed by atoms with Crippen molar-refractivity contribution in [1.29, 1.82) is 0 Å². The van der Waals surface area contributed by atoms with Crippen molar-refractivity contribution in [3.8, 4) is 0 Å². The molecule has 0 radical (unpaired) electrons. The van der Waals surface area contributed by atoms with Gasteiger partial charge in [-0.2, -0.15) is 0 Å². The van der Waals surface area contributed by atoms with Crippen LogP contribution in [-0.2, 0) is 4.79 Å². The van der Waals surface area contributed by atoms with E-state index < -0.39 is 0 Å². The second kappa shape index (κ2) is 9.97. The summed E-state index contributed by atoms with van der Waals surface area (Å²) in [6.45, 7) is 9.50. The molecule has 1 nitrogen and oxygen atoms in total. The first-order valence-corrected chi connectivity index (χ1v) is 11.0. The van der Waals surface area contributed by atoms with Crippen LogP contribution in [0.4, 0.5) is 0 Å². The minimum Gasteiger partial charge on any atom is -0.300 e. The summed E-state index contributed by atoms with van der Waals surface area (Å²) in [6.07, 6.45) is 15.2. The van der Waals surface area contributed by atoms with Gasteiger partial charge in [0.2, 0.25) is 0 Å². The minimum atomic E-state index is 0.552. The third-order valence-electron chi connectivity index (χ3n) is 7.24. The molecule has 0 aromatic heterocycles. The molecule has 2 rings (SSSR count). The summed E-state index contributed by atoms with van der Waals surface area (Å²) < 4.78 is 0. The minimum absolute atomic E-state index is 0.552. The number of rotatable bonds is 8. The van der Waals surface area contributed by atoms with Crippen LogP contribution in [0.5, 0.6) is 0 Å². The monoisotopic (exact) mass is 334 g/mol. The lowest BCUT2D eigenvalue weighted by Gasteiger charge is -2.35. The Kier molecular flexibility index (Phi) is 8.31. The smallest absolute Gasteiger partial charge is 0.132 e. The van der Waals surface area contributed by atoms with Crippen molar-refractivity contribution in [2.75, 3.05) is 0 Å². The summed E-state index contributed by atoms with van der Waals surface area (Å²) in [6, 6.07) is 0. The Morgan fingerprint density at radius 2 is 1.08 bits per heavy atom. The van der Waals surface area contributed by atoms with Gasteiger partial charge < -0.3 is 0 Å². The molecule has 0 bridgehead atoms. The zero-order chi connectivity index (χ0) is 17.5. The SMILES string of the molecule is CC(C)C1CCCCC1CCC(=O)CCC1CCCCC1C(C)C. The zero-order valence-corrected chi connectivity index (χ0v) is 16.9. The predicted octanol–water partition coefficient (Wildman–Crippen LogP) is 7.04. The highest BCUT2D eigenvalue weighted by atomic mass is 16.1. The fourth-order valence-electron chi connectivity index (χ4n) is 5.76. The molecule has 4 atom stereocenters. The average molecular weight is 335 g/mol. The highest BCUT2D eigenvalue weighted by molar-refractivity contribution is 5.78. The summed E-state index contributed by atoms with van der Waals surface area (Å²) >= 11 is 0. The molecule has 2 aliphatic rings. The molecule has 2 saturated carbocycles. The zero-order valence-electron chi connectivity index (χ0n) is 16.9. The molecule has 2 fully saturated rings. The molecule has 0 aromatic rings. The van der Waals surface area contributed by atoms with Crippen LogP contribution in [0.25, 0.3) is 0 Å². The fraction of sp³-hybridized carbons (Fsp3) is 0.957. The van der Waals surface area contributed by atoms with Gasteiger partial charge >= 0.3 is 0 Å². The van der Waals surface area contributed by atoms with Gasteiger partial charge in [0.05, 0.1) is 0 Å². The van der Waals surface area contributed by atoms with Gasteiger partial charge in [-0.05, 0) is 61.2 Å². The Balaban J connectivity index is 1.72. The summed E-state index contributed by atoms with van der Waals surface area (Å²) in [4.78, 5) is 12.5. The lowest BCUT2D eigenvalue weighted by atomic mass is 9.70. The summed E-state index contributed by atoms with van der Waals surface area (Å²) in [5.41, 5.74) is 0. The average Bonchev–Trinajstić information content (AvgIpc) is 2.58. The number of hydrogen-bond acceptors (Lipinski definition) is 1. The molecule has 24 heavy (non-hydrogen) atoms. The largest absolute Gasteiger partial charge is 0.300 e. The van der Waals surface area contributed by atoms with Crippen molar-refractivity contribution < 1.29 is 4.79 Å². The topological polar surface area (TPSA) is 17.1 Å². The molecule has 2 aliphatic carbocycles. The van der Waals surface area contributed by atoms with Crippen molar-refractivity contribution in [2.45, 2.75) is 105 Å². The first kappa shape index (κ1) is 20.0. The number of carbonyl (C=O) groups excluding carboxylic acids is 1. The number of hydrogen-bond donors (Lipinski definition) is 0. The molecule has 4 unspecified atom stereocenters. The number of ketones is 1. The van der Waals surface area contributed by atoms with Gasteiger partial charge in [-0.15, -0.1) is 0 Å². The fourth-order valence-corrected chi connectivity index (χ4v) is 5.76. The molecular weight excluding hydrogens is 292 g/mol. The van der Waals surface area contributed by atoms with Crippen LogP contribution < -0.4 is 0 Å². The van der Waals surface area contributed by atoms with E-state index in [9.17, 15) is 4.79 Å². The highest BCUT2D eigenvalue weighted by Crippen LogP contribution is 2.39. The Hall–Kier alpha value is -0.330. The molecule has 140 valence electrons. The van der Waals surface area contributed by atoms with Gasteiger partial charge in [-0.1, -0.05) is 66.2 Å². The third kappa shape index (κ3) is 5.88. The van der Waals surface area contributed by atoms with E-state index in [0.717, 1.165) is 48.3 Å². The van der Waals surface area contributed by atoms with Gasteiger partial charge in [-0.25, -0.2) is 0 Å². The second-order valence-electron chi connectivity index (χ2n) is 9.52. The van der Waals surface area contributed by atoms with Gasteiger partial charge in [-0.3, -0.25) is 4.79 Å². The van der Waals surface area contributed by atoms with Crippen molar-refractivity contribution in [2.24, 2.45) is 35.5 Å². The Bertz CT molecular complexity index is 336. The van der Waals surface area contributed by atoms with Crippen LogP contribution >= 0.6 is 0 Å². The molecule has 0 saturated heterocycles. The second-order valence-corrected chi connectivity index (χ2v) is 9.52. The molecule has 0 heterocycles. The predicted molar refractivity (Wildman–Crippen MR) is 104 cm³/mol. The van der Waals surface area contributed by atoms with E-state index in [0.29, 0.717) is 5.78 Å². The van der Waals surface area contributed by atoms with Crippen LogP contribution in [0, 0.1) is 35.5 Å².